The second kappa shape index (κ2) is 4.54. The van der Waals surface area contributed by atoms with Gasteiger partial charge >= 0.3 is 0 Å². The van der Waals surface area contributed by atoms with Gasteiger partial charge in [-0.3, -0.25) is 0 Å². The Bertz CT molecular complexity index is 291. The molecule has 5 heteroatoms. The van der Waals surface area contributed by atoms with Crippen LogP contribution in [0.25, 0.3) is 0 Å². The first-order valence-electron chi connectivity index (χ1n) is 2.98. The minimum atomic E-state index is -0.891. The third-order valence-electron chi connectivity index (χ3n) is 1.18. The molecule has 0 saturated carbocycles. The van der Waals surface area contributed by atoms with Crippen LogP contribution in [0.1, 0.15) is 0 Å². The van der Waals surface area contributed by atoms with E-state index in [-0.39, 0.29) is 5.82 Å². The van der Waals surface area contributed by atoms with Crippen LogP contribution in [0.5, 0.6) is 5.75 Å². The van der Waals surface area contributed by atoms with Crippen molar-refractivity contribution in [3.05, 3.63) is 25.1 Å². The zero-order chi connectivity index (χ0) is 9.14. The molecule has 0 unspecified atom stereocenters. The summed E-state index contributed by atoms with van der Waals surface area (Å²) < 4.78 is 30.2. The number of hydrogen-bond acceptors (Lipinski definition) is 1. The maximum Gasteiger partial charge on any atom is 0.228 e. The molecular formula is C7H4F2I2O. The van der Waals surface area contributed by atoms with Crippen molar-refractivity contribution in [3.63, 3.8) is 0 Å². The van der Waals surface area contributed by atoms with Gasteiger partial charge in [0.05, 0.1) is 7.14 Å². The zero-order valence-corrected chi connectivity index (χ0v) is 10.1. The lowest BCUT2D eigenvalue weighted by Crippen LogP contribution is -1.94. The van der Waals surface area contributed by atoms with Crippen LogP contribution >= 0.6 is 45.2 Å². The van der Waals surface area contributed by atoms with E-state index < -0.39 is 6.86 Å². The Hall–Kier alpha value is 0.340. The lowest BCUT2D eigenvalue weighted by Gasteiger charge is -2.04. The lowest BCUT2D eigenvalue weighted by atomic mass is 10.3. The van der Waals surface area contributed by atoms with Gasteiger partial charge in [0.25, 0.3) is 0 Å². The molecule has 0 amide bonds. The van der Waals surface area contributed by atoms with E-state index in [1.54, 1.807) is 0 Å². The summed E-state index contributed by atoms with van der Waals surface area (Å²) in [6.07, 6.45) is 0. The molecule has 1 aromatic carbocycles. The highest BCUT2D eigenvalue weighted by atomic mass is 127. The molecule has 0 aromatic heterocycles. The van der Waals surface area contributed by atoms with Crippen molar-refractivity contribution in [2.45, 2.75) is 0 Å². The molecule has 0 heterocycles. The second-order valence-electron chi connectivity index (χ2n) is 1.95. The van der Waals surface area contributed by atoms with Crippen molar-refractivity contribution in [2.75, 3.05) is 6.86 Å². The number of benzene rings is 1. The Balaban J connectivity index is 3.05. The topological polar surface area (TPSA) is 9.23 Å². The first-order chi connectivity index (χ1) is 5.65. The van der Waals surface area contributed by atoms with Crippen LogP contribution in [-0.4, -0.2) is 6.86 Å². The minimum Gasteiger partial charge on any atom is -0.462 e. The van der Waals surface area contributed by atoms with Crippen LogP contribution in [-0.2, 0) is 0 Å². The summed E-state index contributed by atoms with van der Waals surface area (Å²) >= 11 is 3.72. The van der Waals surface area contributed by atoms with E-state index in [1.165, 1.54) is 12.1 Å². The monoisotopic (exact) mass is 396 g/mol. The summed E-state index contributed by atoms with van der Waals surface area (Å²) in [4.78, 5) is 0. The second-order valence-corrected chi connectivity index (χ2v) is 4.27. The van der Waals surface area contributed by atoms with Gasteiger partial charge in [0, 0.05) is 0 Å². The first-order valence-corrected chi connectivity index (χ1v) is 5.14. The molecule has 0 aliphatic rings. The normalized spacial score (nSPS) is 10.0. The molecular weight excluding hydrogens is 392 g/mol. The molecule has 12 heavy (non-hydrogen) atoms. The van der Waals surface area contributed by atoms with Crippen LogP contribution in [0.15, 0.2) is 12.1 Å². The molecule has 0 saturated heterocycles. The van der Waals surface area contributed by atoms with Gasteiger partial charge in [-0.2, -0.15) is 0 Å². The summed E-state index contributed by atoms with van der Waals surface area (Å²) in [5.74, 6) is 0.0649. The third kappa shape index (κ3) is 2.41. The maximum absolute atomic E-state index is 12.8. The van der Waals surface area contributed by atoms with Crippen molar-refractivity contribution >= 4 is 45.2 Å². The van der Waals surface area contributed by atoms with Crippen LogP contribution in [0.2, 0.25) is 0 Å². The molecule has 1 rings (SSSR count). The van der Waals surface area contributed by atoms with Crippen LogP contribution in [0.3, 0.4) is 0 Å². The fourth-order valence-corrected chi connectivity index (χ4v) is 1.70. The molecule has 1 nitrogen and oxygen atoms in total. The number of rotatable bonds is 2. The van der Waals surface area contributed by atoms with Gasteiger partial charge in [0.15, 0.2) is 0 Å². The van der Waals surface area contributed by atoms with Gasteiger partial charge in [-0.05, 0) is 57.3 Å². The molecule has 1 aromatic rings. The van der Waals surface area contributed by atoms with Gasteiger partial charge in [-0.1, -0.05) is 0 Å². The largest absolute Gasteiger partial charge is 0.462 e. The Kier molecular flexibility index (Phi) is 3.94. The Labute approximate surface area is 95.8 Å². The van der Waals surface area contributed by atoms with Crippen LogP contribution in [0, 0.1) is 13.0 Å². The lowest BCUT2D eigenvalue weighted by molar-refractivity contribution is 0.190. The Morgan fingerprint density at radius 2 is 1.92 bits per heavy atom. The van der Waals surface area contributed by atoms with Crippen molar-refractivity contribution in [1.82, 2.24) is 0 Å². The number of halogens is 4. The third-order valence-corrected chi connectivity index (χ3v) is 2.85. The predicted octanol–water partition coefficient (Wildman–Crippen LogP) is 3.34. The van der Waals surface area contributed by atoms with E-state index in [1.807, 2.05) is 45.2 Å². The molecule has 0 aliphatic heterocycles. The van der Waals surface area contributed by atoms with E-state index in [4.69, 9.17) is 0 Å². The molecule has 0 radical (unpaired) electrons. The highest BCUT2D eigenvalue weighted by molar-refractivity contribution is 14.1. The van der Waals surface area contributed by atoms with Crippen molar-refractivity contribution in [3.8, 4) is 5.75 Å². The fourth-order valence-electron chi connectivity index (χ4n) is 0.674. The fraction of sp³-hybridized carbons (Fsp3) is 0.143. The summed E-state index contributed by atoms with van der Waals surface area (Å²) in [5.41, 5.74) is 0. The maximum atomic E-state index is 12.8. The SMILES string of the molecule is FCOc1cc(I)c(F)cc1I. The number of alkyl halides is 1. The van der Waals surface area contributed by atoms with Crippen molar-refractivity contribution in [2.24, 2.45) is 0 Å². The quantitative estimate of drug-likeness (QED) is 0.551. The minimum absolute atomic E-state index is 0.314. The molecule has 0 atom stereocenters. The van der Waals surface area contributed by atoms with E-state index >= 15 is 0 Å². The summed E-state index contributed by atoms with van der Waals surface area (Å²) in [5, 5.41) is 0. The Morgan fingerprint density at radius 3 is 2.50 bits per heavy atom. The zero-order valence-electron chi connectivity index (χ0n) is 5.78. The van der Waals surface area contributed by atoms with Crippen LogP contribution < -0.4 is 4.74 Å². The summed E-state index contributed by atoms with van der Waals surface area (Å²) in [7, 11) is 0. The van der Waals surface area contributed by atoms with E-state index in [9.17, 15) is 8.78 Å². The van der Waals surface area contributed by atoms with Gasteiger partial charge in [-0.15, -0.1) is 0 Å². The van der Waals surface area contributed by atoms with E-state index in [2.05, 4.69) is 4.74 Å². The van der Waals surface area contributed by atoms with Crippen molar-refractivity contribution in [1.29, 1.82) is 0 Å². The molecule has 0 aliphatic carbocycles. The molecule has 0 fully saturated rings. The highest BCUT2D eigenvalue weighted by Gasteiger charge is 2.06. The van der Waals surface area contributed by atoms with E-state index in [0.717, 1.165) is 0 Å². The first kappa shape index (κ1) is 10.4. The van der Waals surface area contributed by atoms with Gasteiger partial charge in [0.1, 0.15) is 11.6 Å². The van der Waals surface area contributed by atoms with Gasteiger partial charge < -0.3 is 4.74 Å². The van der Waals surface area contributed by atoms with Gasteiger partial charge in [0.2, 0.25) is 6.86 Å². The van der Waals surface area contributed by atoms with E-state index in [0.29, 0.717) is 12.9 Å². The number of hydrogen-bond donors (Lipinski definition) is 0. The van der Waals surface area contributed by atoms with Gasteiger partial charge in [-0.25, -0.2) is 8.78 Å². The summed E-state index contributed by atoms with van der Waals surface area (Å²) in [6.45, 7) is -0.891. The predicted molar refractivity (Wildman–Crippen MR) is 58.4 cm³/mol. The molecule has 0 spiro atoms. The number of ether oxygens (including phenoxy) is 1. The molecule has 0 N–H and O–H groups in total. The highest BCUT2D eigenvalue weighted by Crippen LogP contribution is 2.25. The van der Waals surface area contributed by atoms with Crippen LogP contribution in [0.4, 0.5) is 8.78 Å². The average molecular weight is 396 g/mol. The molecule has 0 bridgehead atoms. The smallest absolute Gasteiger partial charge is 0.228 e. The standard InChI is InChI=1S/C7H4F2I2O/c8-3-12-7-2-5(10)4(9)1-6(7)11/h1-2H,3H2. The average Bonchev–Trinajstić information content (AvgIpc) is 2.01. The van der Waals surface area contributed by atoms with Crippen molar-refractivity contribution < 1.29 is 13.5 Å². The molecule has 66 valence electrons. The Morgan fingerprint density at radius 1 is 1.25 bits per heavy atom. The summed E-state index contributed by atoms with van der Waals surface area (Å²) in [6, 6.07) is 2.78.